The van der Waals surface area contributed by atoms with E-state index in [-0.39, 0.29) is 18.1 Å². The summed E-state index contributed by atoms with van der Waals surface area (Å²) in [7, 11) is -3.49. The molecule has 0 spiro atoms. The third-order valence-electron chi connectivity index (χ3n) is 3.44. The quantitative estimate of drug-likeness (QED) is 0.909. The number of hydrogen-bond acceptors (Lipinski definition) is 3. The molecule has 114 valence electrons. The number of fused-ring (bicyclic) bond motifs is 1. The molecular formula is C16H16N2O3S. The molecule has 0 saturated carbocycles. The highest BCUT2D eigenvalue weighted by Gasteiger charge is 2.19. The number of rotatable bonds is 4. The number of amides is 1. The number of sulfonamides is 1. The summed E-state index contributed by atoms with van der Waals surface area (Å²) in [6.07, 6.45) is 0.281. The van der Waals surface area contributed by atoms with Crippen molar-refractivity contribution in [3.63, 3.8) is 0 Å². The van der Waals surface area contributed by atoms with E-state index >= 15 is 0 Å². The average molecular weight is 316 g/mol. The molecule has 5 nitrogen and oxygen atoms in total. The van der Waals surface area contributed by atoms with Crippen LogP contribution in [0.1, 0.15) is 16.7 Å². The first-order valence-corrected chi connectivity index (χ1v) is 8.55. The Labute approximate surface area is 129 Å². The van der Waals surface area contributed by atoms with E-state index < -0.39 is 10.0 Å². The van der Waals surface area contributed by atoms with Gasteiger partial charge in [-0.3, -0.25) is 9.52 Å². The fourth-order valence-corrected chi connectivity index (χ4v) is 3.71. The van der Waals surface area contributed by atoms with E-state index in [1.54, 1.807) is 24.3 Å². The van der Waals surface area contributed by atoms with Crippen LogP contribution in [-0.4, -0.2) is 14.3 Å². The Balaban J connectivity index is 1.77. The molecule has 22 heavy (non-hydrogen) atoms. The van der Waals surface area contributed by atoms with Gasteiger partial charge in [0.1, 0.15) is 0 Å². The third-order valence-corrected chi connectivity index (χ3v) is 4.70. The zero-order chi connectivity index (χ0) is 15.7. The highest BCUT2D eigenvalue weighted by Crippen LogP contribution is 2.26. The fourth-order valence-electron chi connectivity index (χ4n) is 2.53. The van der Waals surface area contributed by atoms with Gasteiger partial charge in [0.05, 0.1) is 12.2 Å². The molecule has 0 atom stereocenters. The van der Waals surface area contributed by atoms with Gasteiger partial charge in [-0.05, 0) is 36.2 Å². The van der Waals surface area contributed by atoms with E-state index in [0.717, 1.165) is 22.4 Å². The molecule has 6 heteroatoms. The molecule has 3 rings (SSSR count). The number of benzene rings is 2. The van der Waals surface area contributed by atoms with Crippen molar-refractivity contribution in [1.82, 2.24) is 0 Å². The van der Waals surface area contributed by atoms with Crippen LogP contribution in [0.25, 0.3) is 0 Å². The molecule has 0 saturated heterocycles. The van der Waals surface area contributed by atoms with Gasteiger partial charge in [-0.15, -0.1) is 0 Å². The first-order valence-electron chi connectivity index (χ1n) is 6.90. The van der Waals surface area contributed by atoms with Crippen LogP contribution >= 0.6 is 0 Å². The highest BCUT2D eigenvalue weighted by atomic mass is 32.2. The van der Waals surface area contributed by atoms with E-state index in [1.165, 1.54) is 0 Å². The lowest BCUT2D eigenvalue weighted by molar-refractivity contribution is -0.115. The molecule has 2 N–H and O–H groups in total. The van der Waals surface area contributed by atoms with Gasteiger partial charge < -0.3 is 5.32 Å². The molecule has 1 amide bonds. The Morgan fingerprint density at radius 1 is 1.18 bits per heavy atom. The van der Waals surface area contributed by atoms with Gasteiger partial charge in [0.2, 0.25) is 15.9 Å². The standard InChI is InChI=1S/C16H16N2O3S/c1-11-3-2-4-12(7-11)10-22(20,21)18-14-5-6-15-13(8-14)9-16(19)17-15/h2-8,18H,9-10H2,1H3,(H,17,19). The topological polar surface area (TPSA) is 75.3 Å². The van der Waals surface area contributed by atoms with Crippen LogP contribution in [0.5, 0.6) is 0 Å². The van der Waals surface area contributed by atoms with Gasteiger partial charge >= 0.3 is 0 Å². The van der Waals surface area contributed by atoms with Crippen LogP contribution in [0.3, 0.4) is 0 Å². The van der Waals surface area contributed by atoms with Gasteiger partial charge in [0.25, 0.3) is 0 Å². The van der Waals surface area contributed by atoms with Crippen LogP contribution in [-0.2, 0) is 27.0 Å². The van der Waals surface area contributed by atoms with Crippen molar-refractivity contribution in [3.8, 4) is 0 Å². The maximum absolute atomic E-state index is 12.3. The monoisotopic (exact) mass is 316 g/mol. The van der Waals surface area contributed by atoms with Crippen molar-refractivity contribution < 1.29 is 13.2 Å². The summed E-state index contributed by atoms with van der Waals surface area (Å²) in [5, 5.41) is 2.72. The maximum atomic E-state index is 12.3. The minimum Gasteiger partial charge on any atom is -0.326 e. The average Bonchev–Trinajstić information content (AvgIpc) is 2.77. The van der Waals surface area contributed by atoms with E-state index in [4.69, 9.17) is 0 Å². The van der Waals surface area contributed by atoms with Crippen LogP contribution in [0.2, 0.25) is 0 Å². The van der Waals surface area contributed by atoms with Gasteiger partial charge in [0, 0.05) is 11.4 Å². The van der Waals surface area contributed by atoms with Crippen LogP contribution in [0.4, 0.5) is 11.4 Å². The summed E-state index contributed by atoms with van der Waals surface area (Å²) in [6, 6.07) is 12.5. The van der Waals surface area contributed by atoms with Gasteiger partial charge in [-0.1, -0.05) is 29.8 Å². The number of aryl methyl sites for hydroxylation is 1. The molecule has 1 aliphatic heterocycles. The van der Waals surface area contributed by atoms with Crippen molar-refractivity contribution in [1.29, 1.82) is 0 Å². The van der Waals surface area contributed by atoms with Crippen molar-refractivity contribution in [3.05, 3.63) is 59.2 Å². The summed E-state index contributed by atoms with van der Waals surface area (Å²) in [5.41, 5.74) is 3.79. The largest absolute Gasteiger partial charge is 0.326 e. The second kappa shape index (κ2) is 5.46. The minimum atomic E-state index is -3.49. The molecule has 0 aromatic heterocycles. The molecule has 0 fully saturated rings. The van der Waals surface area contributed by atoms with Crippen LogP contribution in [0, 0.1) is 6.92 Å². The zero-order valence-electron chi connectivity index (χ0n) is 12.1. The van der Waals surface area contributed by atoms with Gasteiger partial charge in [0.15, 0.2) is 0 Å². The van der Waals surface area contributed by atoms with Gasteiger partial charge in [-0.25, -0.2) is 8.42 Å². The number of carbonyl (C=O) groups is 1. The molecular weight excluding hydrogens is 300 g/mol. The smallest absolute Gasteiger partial charge is 0.236 e. The summed E-state index contributed by atoms with van der Waals surface area (Å²) in [6.45, 7) is 1.92. The van der Waals surface area contributed by atoms with E-state index in [1.807, 2.05) is 25.1 Å². The Bertz CT molecular complexity index is 844. The number of nitrogens with one attached hydrogen (secondary N) is 2. The number of anilines is 2. The second-order valence-electron chi connectivity index (χ2n) is 5.45. The van der Waals surface area contributed by atoms with Crippen molar-refractivity contribution in [2.24, 2.45) is 0 Å². The maximum Gasteiger partial charge on any atom is 0.236 e. The number of carbonyl (C=O) groups excluding carboxylic acids is 1. The first-order chi connectivity index (χ1) is 10.4. The third kappa shape index (κ3) is 3.28. The molecule has 0 radical (unpaired) electrons. The lowest BCUT2D eigenvalue weighted by atomic mass is 10.1. The molecule has 0 aliphatic carbocycles. The number of hydrogen-bond donors (Lipinski definition) is 2. The van der Waals surface area contributed by atoms with E-state index in [0.29, 0.717) is 5.69 Å². The molecule has 2 aromatic rings. The van der Waals surface area contributed by atoms with E-state index in [2.05, 4.69) is 10.0 Å². The lowest BCUT2D eigenvalue weighted by Gasteiger charge is -2.10. The zero-order valence-corrected chi connectivity index (χ0v) is 12.9. The molecule has 1 aliphatic rings. The van der Waals surface area contributed by atoms with Crippen molar-refractivity contribution in [2.75, 3.05) is 10.0 Å². The first kappa shape index (κ1) is 14.6. The fraction of sp³-hybridized carbons (Fsp3) is 0.188. The Hall–Kier alpha value is -2.34. The summed E-state index contributed by atoms with van der Waals surface area (Å²) >= 11 is 0. The van der Waals surface area contributed by atoms with Crippen LogP contribution < -0.4 is 10.0 Å². The molecule has 0 bridgehead atoms. The van der Waals surface area contributed by atoms with Crippen molar-refractivity contribution >= 4 is 27.3 Å². The second-order valence-corrected chi connectivity index (χ2v) is 7.17. The predicted molar refractivity (Wildman–Crippen MR) is 86.2 cm³/mol. The SMILES string of the molecule is Cc1cccc(CS(=O)(=O)Nc2ccc3c(c2)CC(=O)N3)c1. The van der Waals surface area contributed by atoms with Gasteiger partial charge in [-0.2, -0.15) is 0 Å². The van der Waals surface area contributed by atoms with Crippen molar-refractivity contribution in [2.45, 2.75) is 19.1 Å². The van der Waals surface area contributed by atoms with Crippen LogP contribution in [0.15, 0.2) is 42.5 Å². The van der Waals surface area contributed by atoms with E-state index in [9.17, 15) is 13.2 Å². The Kier molecular flexibility index (Phi) is 3.62. The minimum absolute atomic E-state index is 0.0743. The molecule has 0 unspecified atom stereocenters. The Morgan fingerprint density at radius 3 is 2.77 bits per heavy atom. The summed E-state index contributed by atoms with van der Waals surface area (Å²) < 4.78 is 27.1. The lowest BCUT2D eigenvalue weighted by Crippen LogP contribution is -2.15. The molecule has 1 heterocycles. The normalized spacial score (nSPS) is 13.6. The molecule has 2 aromatic carbocycles. The predicted octanol–water partition coefficient (Wildman–Crippen LogP) is 2.43. The highest BCUT2D eigenvalue weighted by molar-refractivity contribution is 7.91. The summed E-state index contributed by atoms with van der Waals surface area (Å²) in [5.74, 6) is -0.155. The summed E-state index contributed by atoms with van der Waals surface area (Å²) in [4.78, 5) is 11.3. The Morgan fingerprint density at radius 2 is 2.00 bits per heavy atom.